The van der Waals surface area contributed by atoms with Gasteiger partial charge in [0.1, 0.15) is 0 Å². The van der Waals surface area contributed by atoms with Crippen LogP contribution in [0, 0.1) is 5.92 Å². The number of aromatic nitrogens is 2. The van der Waals surface area contributed by atoms with E-state index in [1.807, 2.05) is 6.92 Å². The first-order valence-electron chi connectivity index (χ1n) is 6.37. The van der Waals surface area contributed by atoms with Crippen molar-refractivity contribution in [1.29, 1.82) is 0 Å². The third-order valence-electron chi connectivity index (χ3n) is 3.43. The molecule has 1 fully saturated rings. The molecule has 1 atom stereocenters. The first kappa shape index (κ1) is 11.6. The molecule has 0 saturated heterocycles. The molecule has 1 aromatic heterocycles. The monoisotopic (exact) mass is 223 g/mol. The number of nitrogens with two attached hydrogens (primary N) is 1. The van der Waals surface area contributed by atoms with Gasteiger partial charge in [0, 0.05) is 6.42 Å². The summed E-state index contributed by atoms with van der Waals surface area (Å²) in [6.07, 6.45) is 8.45. The van der Waals surface area contributed by atoms with Crippen LogP contribution in [0.4, 0.5) is 0 Å². The van der Waals surface area contributed by atoms with E-state index in [9.17, 15) is 0 Å². The molecule has 1 heterocycles. The van der Waals surface area contributed by atoms with Gasteiger partial charge in [0.15, 0.2) is 0 Å². The molecule has 1 aliphatic rings. The minimum atomic E-state index is -0.104. The zero-order valence-corrected chi connectivity index (χ0v) is 9.98. The van der Waals surface area contributed by atoms with Crippen LogP contribution >= 0.6 is 0 Å². The Bertz CT molecular complexity index is 318. The summed E-state index contributed by atoms with van der Waals surface area (Å²) >= 11 is 0. The molecule has 1 unspecified atom stereocenters. The molecule has 4 heteroatoms. The number of nitrogens with zero attached hydrogens (tertiary/aromatic N) is 2. The van der Waals surface area contributed by atoms with E-state index in [1.54, 1.807) is 0 Å². The van der Waals surface area contributed by atoms with Crippen LogP contribution in [0.3, 0.4) is 0 Å². The third kappa shape index (κ3) is 2.82. The zero-order chi connectivity index (χ0) is 11.4. The van der Waals surface area contributed by atoms with Crippen LogP contribution in [0.25, 0.3) is 0 Å². The van der Waals surface area contributed by atoms with Gasteiger partial charge in [-0.25, -0.2) is 0 Å². The Hall–Kier alpha value is -0.900. The summed E-state index contributed by atoms with van der Waals surface area (Å²) in [5, 5.41) is 8.09. The summed E-state index contributed by atoms with van der Waals surface area (Å²) in [4.78, 5) is 0. The van der Waals surface area contributed by atoms with E-state index < -0.39 is 0 Å². The lowest BCUT2D eigenvalue weighted by molar-refractivity contribution is 0.320. The lowest BCUT2D eigenvalue weighted by Crippen LogP contribution is -2.09. The zero-order valence-electron chi connectivity index (χ0n) is 9.98. The molecule has 0 amide bonds. The Morgan fingerprint density at radius 3 is 2.75 bits per heavy atom. The van der Waals surface area contributed by atoms with Gasteiger partial charge in [-0.15, -0.1) is 10.2 Å². The second-order valence-electron chi connectivity index (χ2n) is 4.76. The largest absolute Gasteiger partial charge is 0.424 e. The maximum absolute atomic E-state index is 5.84. The molecule has 0 radical (unpaired) electrons. The predicted molar refractivity (Wildman–Crippen MR) is 61.8 cm³/mol. The Kier molecular flexibility index (Phi) is 3.93. The summed E-state index contributed by atoms with van der Waals surface area (Å²) in [5.41, 5.74) is 5.84. The Morgan fingerprint density at radius 1 is 1.31 bits per heavy atom. The van der Waals surface area contributed by atoms with E-state index in [-0.39, 0.29) is 6.04 Å². The average molecular weight is 223 g/mol. The highest BCUT2D eigenvalue weighted by molar-refractivity contribution is 4.89. The van der Waals surface area contributed by atoms with Gasteiger partial charge >= 0.3 is 0 Å². The Morgan fingerprint density at radius 2 is 2.06 bits per heavy atom. The highest BCUT2D eigenvalue weighted by Gasteiger charge is 2.18. The van der Waals surface area contributed by atoms with Crippen molar-refractivity contribution in [1.82, 2.24) is 10.2 Å². The Balaban J connectivity index is 1.91. The fraction of sp³-hybridized carbons (Fsp3) is 0.833. The van der Waals surface area contributed by atoms with Crippen LogP contribution in [0.2, 0.25) is 0 Å². The molecule has 1 aliphatic carbocycles. The Labute approximate surface area is 96.6 Å². The second-order valence-corrected chi connectivity index (χ2v) is 4.76. The fourth-order valence-corrected chi connectivity index (χ4v) is 2.31. The van der Waals surface area contributed by atoms with Crippen molar-refractivity contribution >= 4 is 0 Å². The topological polar surface area (TPSA) is 64.9 Å². The van der Waals surface area contributed by atoms with Crippen molar-refractivity contribution in [2.24, 2.45) is 11.7 Å². The van der Waals surface area contributed by atoms with Crippen LogP contribution in [0.15, 0.2) is 4.42 Å². The molecule has 0 aromatic carbocycles. The molecule has 16 heavy (non-hydrogen) atoms. The number of rotatable bonds is 4. The number of hydrogen-bond donors (Lipinski definition) is 1. The van der Waals surface area contributed by atoms with Gasteiger partial charge in [-0.3, -0.25) is 0 Å². The van der Waals surface area contributed by atoms with Crippen molar-refractivity contribution in [2.75, 3.05) is 0 Å². The highest BCUT2D eigenvalue weighted by Crippen LogP contribution is 2.26. The normalized spacial score (nSPS) is 19.9. The molecule has 0 spiro atoms. The minimum Gasteiger partial charge on any atom is -0.424 e. The first-order valence-corrected chi connectivity index (χ1v) is 6.37. The van der Waals surface area contributed by atoms with Gasteiger partial charge in [0.2, 0.25) is 11.8 Å². The maximum Gasteiger partial charge on any atom is 0.233 e. The van der Waals surface area contributed by atoms with E-state index >= 15 is 0 Å². The lowest BCUT2D eigenvalue weighted by atomic mass is 9.87. The molecular formula is C12H21N3O. The van der Waals surface area contributed by atoms with E-state index in [0.29, 0.717) is 5.89 Å². The molecule has 1 aromatic rings. The summed E-state index contributed by atoms with van der Waals surface area (Å²) in [5.74, 6) is 2.10. The van der Waals surface area contributed by atoms with Crippen LogP contribution in [0.1, 0.15) is 63.3 Å². The number of hydrogen-bond acceptors (Lipinski definition) is 4. The maximum atomic E-state index is 5.84. The van der Waals surface area contributed by atoms with Gasteiger partial charge in [0.25, 0.3) is 0 Å². The van der Waals surface area contributed by atoms with Gasteiger partial charge in [-0.2, -0.15) is 0 Å². The SMILES string of the molecule is CCC(N)c1nnc(CC2CCCCC2)o1. The van der Waals surface area contributed by atoms with Crippen LogP contribution in [-0.2, 0) is 6.42 Å². The molecule has 90 valence electrons. The molecule has 0 bridgehead atoms. The van der Waals surface area contributed by atoms with E-state index in [0.717, 1.165) is 24.7 Å². The summed E-state index contributed by atoms with van der Waals surface area (Å²) in [6.45, 7) is 2.02. The van der Waals surface area contributed by atoms with Crippen molar-refractivity contribution < 1.29 is 4.42 Å². The van der Waals surface area contributed by atoms with Crippen LogP contribution in [0.5, 0.6) is 0 Å². The third-order valence-corrected chi connectivity index (χ3v) is 3.43. The van der Waals surface area contributed by atoms with Crippen molar-refractivity contribution in [3.63, 3.8) is 0 Å². The first-order chi connectivity index (χ1) is 7.79. The summed E-state index contributed by atoms with van der Waals surface area (Å²) < 4.78 is 5.59. The summed E-state index contributed by atoms with van der Waals surface area (Å²) in [7, 11) is 0. The molecule has 4 nitrogen and oxygen atoms in total. The van der Waals surface area contributed by atoms with Gasteiger partial charge in [-0.05, 0) is 25.2 Å². The molecule has 2 rings (SSSR count). The quantitative estimate of drug-likeness (QED) is 0.852. The fourth-order valence-electron chi connectivity index (χ4n) is 2.31. The molecule has 2 N–H and O–H groups in total. The van der Waals surface area contributed by atoms with Gasteiger partial charge < -0.3 is 10.2 Å². The predicted octanol–water partition coefficient (Wildman–Crippen LogP) is 2.60. The molecular weight excluding hydrogens is 202 g/mol. The van der Waals surface area contributed by atoms with E-state index in [1.165, 1.54) is 32.1 Å². The van der Waals surface area contributed by atoms with Crippen molar-refractivity contribution in [3.05, 3.63) is 11.8 Å². The smallest absolute Gasteiger partial charge is 0.233 e. The summed E-state index contributed by atoms with van der Waals surface area (Å²) in [6, 6.07) is -0.104. The van der Waals surface area contributed by atoms with Crippen molar-refractivity contribution in [3.8, 4) is 0 Å². The van der Waals surface area contributed by atoms with Gasteiger partial charge in [0.05, 0.1) is 6.04 Å². The highest BCUT2D eigenvalue weighted by atomic mass is 16.4. The minimum absolute atomic E-state index is 0.104. The van der Waals surface area contributed by atoms with Crippen LogP contribution < -0.4 is 5.73 Å². The van der Waals surface area contributed by atoms with Gasteiger partial charge in [-0.1, -0.05) is 26.2 Å². The average Bonchev–Trinajstić information content (AvgIpc) is 2.78. The second kappa shape index (κ2) is 5.43. The standard InChI is InChI=1S/C12H21N3O/c1-2-10(13)12-15-14-11(16-12)8-9-6-4-3-5-7-9/h9-10H,2-8,13H2,1H3. The van der Waals surface area contributed by atoms with Crippen molar-refractivity contribution in [2.45, 2.75) is 57.9 Å². The molecule has 1 saturated carbocycles. The molecule has 0 aliphatic heterocycles. The van der Waals surface area contributed by atoms with Crippen LogP contribution in [-0.4, -0.2) is 10.2 Å². The van der Waals surface area contributed by atoms with E-state index in [4.69, 9.17) is 10.2 Å². The van der Waals surface area contributed by atoms with E-state index in [2.05, 4.69) is 10.2 Å². The lowest BCUT2D eigenvalue weighted by Gasteiger charge is -2.19.